The molecular weight excluding hydrogens is 264 g/mol. The molecule has 1 amide bonds. The number of nitrogens with zero attached hydrogens (tertiary/aromatic N) is 1. The number of benzene rings is 1. The molecule has 21 heavy (non-hydrogen) atoms. The maximum absolute atomic E-state index is 12.2. The molecule has 0 radical (unpaired) electrons. The Hall–Kier alpha value is -1.55. The number of hydrogen-bond acceptors (Lipinski definition) is 3. The molecule has 0 aromatic heterocycles. The number of carbonyl (C=O) groups excluding carboxylic acids is 1. The summed E-state index contributed by atoms with van der Waals surface area (Å²) >= 11 is 0. The largest absolute Gasteiger partial charge is 0.481 e. The fraction of sp³-hybridized carbons (Fsp3) is 0.588. The van der Waals surface area contributed by atoms with E-state index in [1.165, 1.54) is 5.56 Å². The highest BCUT2D eigenvalue weighted by Crippen LogP contribution is 2.20. The van der Waals surface area contributed by atoms with Crippen molar-refractivity contribution in [2.45, 2.75) is 46.3 Å². The van der Waals surface area contributed by atoms with Gasteiger partial charge in [-0.1, -0.05) is 19.1 Å². The molecule has 2 unspecified atom stereocenters. The van der Waals surface area contributed by atoms with Gasteiger partial charge in [0.2, 0.25) is 0 Å². The van der Waals surface area contributed by atoms with E-state index in [0.717, 1.165) is 12.2 Å². The minimum absolute atomic E-state index is 0.0331. The molecule has 118 valence electrons. The van der Waals surface area contributed by atoms with Crippen molar-refractivity contribution in [1.29, 1.82) is 0 Å². The van der Waals surface area contributed by atoms with Crippen LogP contribution < -0.4 is 10.1 Å². The lowest BCUT2D eigenvalue weighted by molar-refractivity contribution is -0.137. The maximum Gasteiger partial charge on any atom is 0.263 e. The quantitative estimate of drug-likeness (QED) is 0.801. The molecule has 0 aliphatic carbocycles. The number of hydrogen-bond donors (Lipinski definition) is 1. The summed E-state index contributed by atoms with van der Waals surface area (Å²) < 4.78 is 5.75. The highest BCUT2D eigenvalue weighted by molar-refractivity contribution is 5.80. The lowest BCUT2D eigenvalue weighted by atomic mass is 10.0. The van der Waals surface area contributed by atoms with Crippen molar-refractivity contribution in [2.24, 2.45) is 0 Å². The summed E-state index contributed by atoms with van der Waals surface area (Å²) in [6, 6.07) is 8.32. The summed E-state index contributed by atoms with van der Waals surface area (Å²) in [5.41, 5.74) is 1.23. The number of nitrogens with one attached hydrogen (secondary N) is 1. The van der Waals surface area contributed by atoms with Gasteiger partial charge in [-0.25, -0.2) is 0 Å². The van der Waals surface area contributed by atoms with Crippen LogP contribution >= 0.6 is 0 Å². The van der Waals surface area contributed by atoms with E-state index < -0.39 is 6.10 Å². The Kier molecular flexibility index (Phi) is 7.23. The van der Waals surface area contributed by atoms with Gasteiger partial charge >= 0.3 is 0 Å². The van der Waals surface area contributed by atoms with Crippen molar-refractivity contribution < 1.29 is 9.53 Å². The molecule has 0 saturated heterocycles. The first kappa shape index (κ1) is 17.5. The fourth-order valence-corrected chi connectivity index (χ4v) is 2.43. The second kappa shape index (κ2) is 8.67. The zero-order chi connectivity index (χ0) is 15.8. The summed E-state index contributed by atoms with van der Waals surface area (Å²) in [6.07, 6.45) is 0.579. The van der Waals surface area contributed by atoms with Gasteiger partial charge in [-0.3, -0.25) is 4.79 Å². The average Bonchev–Trinajstić information content (AvgIpc) is 2.51. The first-order valence-corrected chi connectivity index (χ1v) is 7.79. The molecule has 0 fully saturated rings. The molecule has 2 atom stereocenters. The van der Waals surface area contributed by atoms with E-state index in [-0.39, 0.29) is 5.91 Å². The highest BCUT2D eigenvalue weighted by atomic mass is 16.5. The predicted molar refractivity (Wildman–Crippen MR) is 86.6 cm³/mol. The van der Waals surface area contributed by atoms with Crippen LogP contribution in [-0.4, -0.2) is 37.0 Å². The van der Waals surface area contributed by atoms with E-state index in [1.807, 2.05) is 33.0 Å². The first-order chi connectivity index (χ1) is 10.1. The van der Waals surface area contributed by atoms with Gasteiger partial charge in [-0.15, -0.1) is 0 Å². The van der Waals surface area contributed by atoms with Crippen LogP contribution in [0.4, 0.5) is 0 Å². The zero-order valence-corrected chi connectivity index (χ0v) is 13.8. The molecule has 0 spiro atoms. The Bertz CT molecular complexity index is 423. The van der Waals surface area contributed by atoms with Crippen LogP contribution in [0.5, 0.6) is 5.75 Å². The summed E-state index contributed by atoms with van der Waals surface area (Å²) in [6.45, 7) is 9.33. The third-order valence-electron chi connectivity index (χ3n) is 3.77. The predicted octanol–water partition coefficient (Wildman–Crippen LogP) is 2.99. The molecule has 1 aromatic carbocycles. The number of carbonyl (C=O) groups is 1. The fourth-order valence-electron chi connectivity index (χ4n) is 2.43. The smallest absolute Gasteiger partial charge is 0.263 e. The number of likely N-dealkylation sites (N-methyl/N-ethyl adjacent to an activating group) is 1. The molecule has 4 nitrogen and oxygen atoms in total. The molecule has 0 aliphatic rings. The van der Waals surface area contributed by atoms with E-state index in [4.69, 9.17) is 4.74 Å². The van der Waals surface area contributed by atoms with Crippen LogP contribution in [0.25, 0.3) is 0 Å². The molecule has 0 heterocycles. The Morgan fingerprint density at radius 2 is 1.76 bits per heavy atom. The van der Waals surface area contributed by atoms with Gasteiger partial charge in [0.15, 0.2) is 6.10 Å². The standard InChI is InChI=1S/C17H28N2O2/c1-6-16(18-5)14-9-11-15(12-10-14)21-13(4)17(20)19(7-2)8-3/h9-13,16,18H,6-8H2,1-5H3. The average molecular weight is 292 g/mol. The number of amides is 1. The van der Waals surface area contributed by atoms with Crippen LogP contribution in [0.2, 0.25) is 0 Å². The van der Waals surface area contributed by atoms with E-state index >= 15 is 0 Å². The molecule has 0 aliphatic heterocycles. The van der Waals surface area contributed by atoms with Crippen molar-refractivity contribution in [3.63, 3.8) is 0 Å². The van der Waals surface area contributed by atoms with Gasteiger partial charge in [-0.2, -0.15) is 0 Å². The summed E-state index contributed by atoms with van der Waals surface area (Å²) in [5, 5.41) is 3.28. The van der Waals surface area contributed by atoms with Crippen LogP contribution in [0.15, 0.2) is 24.3 Å². The first-order valence-electron chi connectivity index (χ1n) is 7.79. The normalized spacial score (nSPS) is 13.6. The maximum atomic E-state index is 12.2. The van der Waals surface area contributed by atoms with E-state index in [9.17, 15) is 4.79 Å². The van der Waals surface area contributed by atoms with Gasteiger partial charge in [0.1, 0.15) is 5.75 Å². The second-order valence-corrected chi connectivity index (χ2v) is 5.09. The molecule has 1 N–H and O–H groups in total. The lowest BCUT2D eigenvalue weighted by Gasteiger charge is -2.23. The van der Waals surface area contributed by atoms with Crippen molar-refractivity contribution in [1.82, 2.24) is 10.2 Å². The van der Waals surface area contributed by atoms with E-state index in [1.54, 1.807) is 11.8 Å². The summed E-state index contributed by atoms with van der Waals surface area (Å²) in [4.78, 5) is 14.0. The van der Waals surface area contributed by atoms with Crippen LogP contribution in [-0.2, 0) is 4.79 Å². The monoisotopic (exact) mass is 292 g/mol. The zero-order valence-electron chi connectivity index (χ0n) is 13.8. The van der Waals surface area contributed by atoms with Gasteiger partial charge < -0.3 is 15.0 Å². The van der Waals surface area contributed by atoms with Crippen molar-refractivity contribution in [3.05, 3.63) is 29.8 Å². The molecular formula is C17H28N2O2. The van der Waals surface area contributed by atoms with Crippen LogP contribution in [0.3, 0.4) is 0 Å². The topological polar surface area (TPSA) is 41.6 Å². The minimum atomic E-state index is -0.456. The Morgan fingerprint density at radius 1 is 1.19 bits per heavy atom. The third kappa shape index (κ3) is 4.74. The lowest BCUT2D eigenvalue weighted by Crippen LogP contribution is -2.40. The van der Waals surface area contributed by atoms with Gasteiger partial charge in [0.25, 0.3) is 5.91 Å². The third-order valence-corrected chi connectivity index (χ3v) is 3.77. The molecule has 1 rings (SSSR count). The highest BCUT2D eigenvalue weighted by Gasteiger charge is 2.19. The van der Waals surface area contributed by atoms with Crippen molar-refractivity contribution in [3.8, 4) is 5.75 Å². The Morgan fingerprint density at radius 3 is 2.19 bits per heavy atom. The van der Waals surface area contributed by atoms with E-state index in [2.05, 4.69) is 24.4 Å². The summed E-state index contributed by atoms with van der Waals surface area (Å²) in [7, 11) is 1.96. The molecule has 0 saturated carbocycles. The van der Waals surface area contributed by atoms with Crippen LogP contribution in [0, 0.1) is 0 Å². The number of ether oxygens (including phenoxy) is 1. The minimum Gasteiger partial charge on any atom is -0.481 e. The van der Waals surface area contributed by atoms with Gasteiger partial charge in [0.05, 0.1) is 0 Å². The van der Waals surface area contributed by atoms with E-state index in [0.29, 0.717) is 19.1 Å². The SMILES string of the molecule is CCC(NC)c1ccc(OC(C)C(=O)N(CC)CC)cc1. The Balaban J connectivity index is 2.69. The van der Waals surface area contributed by atoms with Gasteiger partial charge in [0, 0.05) is 19.1 Å². The Labute approximate surface area is 128 Å². The van der Waals surface area contributed by atoms with Crippen molar-refractivity contribution >= 4 is 5.91 Å². The van der Waals surface area contributed by atoms with Gasteiger partial charge in [-0.05, 0) is 51.9 Å². The van der Waals surface area contributed by atoms with Crippen LogP contribution in [0.1, 0.15) is 45.7 Å². The van der Waals surface area contributed by atoms with Crippen molar-refractivity contribution in [2.75, 3.05) is 20.1 Å². The number of rotatable bonds is 8. The molecule has 1 aromatic rings. The molecule has 0 bridgehead atoms. The summed E-state index contributed by atoms with van der Waals surface area (Å²) in [5.74, 6) is 0.767. The second-order valence-electron chi connectivity index (χ2n) is 5.09. The molecule has 4 heteroatoms.